The van der Waals surface area contributed by atoms with Crippen molar-refractivity contribution in [2.45, 2.75) is 19.5 Å². The molecule has 2 aromatic carbocycles. The fraction of sp³-hybridized carbons (Fsp3) is 0.294. The molecule has 0 saturated heterocycles. The van der Waals surface area contributed by atoms with Crippen LogP contribution in [-0.4, -0.2) is 14.2 Å². The summed E-state index contributed by atoms with van der Waals surface area (Å²) in [7, 11) is 3.23. The number of rotatable bonds is 6. The average Bonchev–Trinajstić information content (AvgIpc) is 2.52. The van der Waals surface area contributed by atoms with Crippen LogP contribution >= 0.6 is 0 Å². The van der Waals surface area contributed by atoms with Gasteiger partial charge in [0, 0.05) is 12.6 Å². The lowest BCUT2D eigenvalue weighted by Crippen LogP contribution is -2.18. The Kier molecular flexibility index (Phi) is 5.17. The van der Waals surface area contributed by atoms with E-state index in [9.17, 15) is 4.39 Å². The summed E-state index contributed by atoms with van der Waals surface area (Å²) in [6.45, 7) is 2.66. The maximum absolute atomic E-state index is 13.1. The van der Waals surface area contributed by atoms with Crippen LogP contribution < -0.4 is 14.8 Å². The van der Waals surface area contributed by atoms with Crippen LogP contribution in [0.3, 0.4) is 0 Å². The molecule has 1 atom stereocenters. The van der Waals surface area contributed by atoms with Gasteiger partial charge in [0.2, 0.25) is 0 Å². The zero-order valence-corrected chi connectivity index (χ0v) is 12.5. The van der Waals surface area contributed by atoms with Crippen LogP contribution in [0.4, 0.5) is 4.39 Å². The monoisotopic (exact) mass is 289 g/mol. The first-order valence-corrected chi connectivity index (χ1v) is 6.83. The molecule has 0 aromatic heterocycles. The SMILES string of the molecule is COc1ccc(C(C)NCc2cccc(F)c2)cc1OC. The van der Waals surface area contributed by atoms with Crippen LogP contribution in [0.2, 0.25) is 0 Å². The van der Waals surface area contributed by atoms with Gasteiger partial charge in [-0.2, -0.15) is 0 Å². The van der Waals surface area contributed by atoms with Gasteiger partial charge in [0.05, 0.1) is 14.2 Å². The van der Waals surface area contributed by atoms with E-state index in [0.717, 1.165) is 11.1 Å². The van der Waals surface area contributed by atoms with E-state index >= 15 is 0 Å². The summed E-state index contributed by atoms with van der Waals surface area (Å²) in [6.07, 6.45) is 0. The van der Waals surface area contributed by atoms with Crippen molar-refractivity contribution < 1.29 is 13.9 Å². The van der Waals surface area contributed by atoms with Crippen molar-refractivity contribution in [3.8, 4) is 11.5 Å². The van der Waals surface area contributed by atoms with Gasteiger partial charge < -0.3 is 14.8 Å². The molecule has 0 amide bonds. The van der Waals surface area contributed by atoms with E-state index in [2.05, 4.69) is 12.2 Å². The van der Waals surface area contributed by atoms with Crippen LogP contribution in [0, 0.1) is 5.82 Å². The largest absolute Gasteiger partial charge is 0.493 e. The van der Waals surface area contributed by atoms with Crippen LogP contribution in [-0.2, 0) is 6.54 Å². The van der Waals surface area contributed by atoms with Crippen molar-refractivity contribution in [3.05, 3.63) is 59.4 Å². The second-order valence-electron chi connectivity index (χ2n) is 4.85. The maximum atomic E-state index is 13.1. The Morgan fingerprint density at radius 2 is 1.81 bits per heavy atom. The molecule has 0 aliphatic rings. The topological polar surface area (TPSA) is 30.5 Å². The van der Waals surface area contributed by atoms with Crippen molar-refractivity contribution in [2.24, 2.45) is 0 Å². The molecule has 3 nitrogen and oxygen atoms in total. The summed E-state index contributed by atoms with van der Waals surface area (Å²) in [5.74, 6) is 1.20. The third kappa shape index (κ3) is 3.95. The van der Waals surface area contributed by atoms with E-state index < -0.39 is 0 Å². The zero-order chi connectivity index (χ0) is 15.2. The first-order chi connectivity index (χ1) is 10.1. The van der Waals surface area contributed by atoms with E-state index in [4.69, 9.17) is 9.47 Å². The smallest absolute Gasteiger partial charge is 0.161 e. The van der Waals surface area contributed by atoms with Crippen molar-refractivity contribution in [2.75, 3.05) is 14.2 Å². The Balaban J connectivity index is 2.04. The van der Waals surface area contributed by atoms with Gasteiger partial charge in [-0.3, -0.25) is 0 Å². The molecule has 1 unspecified atom stereocenters. The molecule has 0 aliphatic carbocycles. The molecule has 1 N–H and O–H groups in total. The van der Waals surface area contributed by atoms with Gasteiger partial charge in [-0.25, -0.2) is 4.39 Å². The molecular formula is C17H20FNO2. The second-order valence-corrected chi connectivity index (χ2v) is 4.85. The molecule has 0 radical (unpaired) electrons. The maximum Gasteiger partial charge on any atom is 0.161 e. The van der Waals surface area contributed by atoms with E-state index in [0.29, 0.717) is 18.0 Å². The molecule has 0 bridgehead atoms. The predicted molar refractivity (Wildman–Crippen MR) is 81.2 cm³/mol. The Morgan fingerprint density at radius 1 is 1.05 bits per heavy atom. The highest BCUT2D eigenvalue weighted by Crippen LogP contribution is 2.29. The molecule has 2 aromatic rings. The lowest BCUT2D eigenvalue weighted by atomic mass is 10.1. The minimum absolute atomic E-state index is 0.119. The number of hydrogen-bond acceptors (Lipinski definition) is 3. The normalized spacial score (nSPS) is 12.0. The van der Waals surface area contributed by atoms with Crippen LogP contribution in [0.1, 0.15) is 24.1 Å². The molecule has 21 heavy (non-hydrogen) atoms. The lowest BCUT2D eigenvalue weighted by Gasteiger charge is -2.16. The summed E-state index contributed by atoms with van der Waals surface area (Å²) < 4.78 is 23.7. The van der Waals surface area contributed by atoms with Crippen molar-refractivity contribution in [3.63, 3.8) is 0 Å². The number of ether oxygens (including phenoxy) is 2. The van der Waals surface area contributed by atoms with E-state index in [1.54, 1.807) is 20.3 Å². The Hall–Kier alpha value is -2.07. The first-order valence-electron chi connectivity index (χ1n) is 6.83. The minimum atomic E-state index is -0.215. The second kappa shape index (κ2) is 7.09. The van der Waals surface area contributed by atoms with Gasteiger partial charge in [-0.05, 0) is 42.3 Å². The number of nitrogens with one attached hydrogen (secondary N) is 1. The fourth-order valence-corrected chi connectivity index (χ4v) is 2.16. The molecule has 112 valence electrons. The summed E-state index contributed by atoms with van der Waals surface area (Å²) in [4.78, 5) is 0. The van der Waals surface area contributed by atoms with E-state index in [1.165, 1.54) is 12.1 Å². The molecule has 0 saturated carbocycles. The molecule has 4 heteroatoms. The van der Waals surface area contributed by atoms with Crippen LogP contribution in [0.5, 0.6) is 11.5 Å². The molecule has 0 spiro atoms. The standard InChI is InChI=1S/C17H20FNO2/c1-12(19-11-13-5-4-6-15(18)9-13)14-7-8-16(20-2)17(10-14)21-3/h4-10,12,19H,11H2,1-3H3. The summed E-state index contributed by atoms with van der Waals surface area (Å²) in [6, 6.07) is 12.5. The summed E-state index contributed by atoms with van der Waals surface area (Å²) in [5.41, 5.74) is 2.01. The van der Waals surface area contributed by atoms with Gasteiger partial charge in [-0.1, -0.05) is 18.2 Å². The quantitative estimate of drug-likeness (QED) is 0.879. The number of hydrogen-bond donors (Lipinski definition) is 1. The Bertz CT molecular complexity index is 601. The zero-order valence-electron chi connectivity index (χ0n) is 12.5. The van der Waals surface area contributed by atoms with Crippen LogP contribution in [0.15, 0.2) is 42.5 Å². The van der Waals surface area contributed by atoms with Gasteiger partial charge >= 0.3 is 0 Å². The van der Waals surface area contributed by atoms with E-state index in [-0.39, 0.29) is 11.9 Å². The molecule has 0 fully saturated rings. The highest BCUT2D eigenvalue weighted by atomic mass is 19.1. The van der Waals surface area contributed by atoms with Gasteiger partial charge in [-0.15, -0.1) is 0 Å². The van der Waals surface area contributed by atoms with Crippen LogP contribution in [0.25, 0.3) is 0 Å². The highest BCUT2D eigenvalue weighted by molar-refractivity contribution is 5.43. The number of methoxy groups -OCH3 is 2. The molecule has 2 rings (SSSR count). The van der Waals surface area contributed by atoms with E-state index in [1.807, 2.05) is 24.3 Å². The summed E-state index contributed by atoms with van der Waals surface area (Å²) >= 11 is 0. The lowest BCUT2D eigenvalue weighted by molar-refractivity contribution is 0.354. The molecule has 0 heterocycles. The van der Waals surface area contributed by atoms with Gasteiger partial charge in [0.1, 0.15) is 5.82 Å². The average molecular weight is 289 g/mol. The predicted octanol–water partition coefficient (Wildman–Crippen LogP) is 3.69. The number of benzene rings is 2. The molecular weight excluding hydrogens is 269 g/mol. The Morgan fingerprint density at radius 3 is 2.48 bits per heavy atom. The number of halogens is 1. The summed E-state index contributed by atoms with van der Waals surface area (Å²) in [5, 5.41) is 3.37. The Labute approximate surface area is 124 Å². The minimum Gasteiger partial charge on any atom is -0.493 e. The third-order valence-corrected chi connectivity index (χ3v) is 3.41. The third-order valence-electron chi connectivity index (χ3n) is 3.41. The highest BCUT2D eigenvalue weighted by Gasteiger charge is 2.10. The van der Waals surface area contributed by atoms with Crippen molar-refractivity contribution >= 4 is 0 Å². The fourth-order valence-electron chi connectivity index (χ4n) is 2.16. The van der Waals surface area contributed by atoms with Crippen molar-refractivity contribution in [1.29, 1.82) is 0 Å². The van der Waals surface area contributed by atoms with Crippen molar-refractivity contribution in [1.82, 2.24) is 5.32 Å². The molecule has 0 aliphatic heterocycles. The van der Waals surface area contributed by atoms with Gasteiger partial charge in [0.15, 0.2) is 11.5 Å². The van der Waals surface area contributed by atoms with Gasteiger partial charge in [0.25, 0.3) is 0 Å². The first kappa shape index (κ1) is 15.3.